The fraction of sp³-hybridized carbons (Fsp3) is 0. The fourth-order valence-corrected chi connectivity index (χ4v) is 2.45. The summed E-state index contributed by atoms with van der Waals surface area (Å²) in [5.74, 6) is 0. The zero-order valence-corrected chi connectivity index (χ0v) is 10.7. The molecule has 6 nitrogen and oxygen atoms in total. The molecule has 0 aromatic heterocycles. The number of nitrogens with one attached hydrogen (secondary N) is 2. The first-order chi connectivity index (χ1) is 7.86. The molecule has 17 heavy (non-hydrogen) atoms. The number of sulfonamides is 1. The molecule has 0 saturated carbocycles. The van der Waals surface area contributed by atoms with Crippen LogP contribution in [0.5, 0.6) is 0 Å². The molecule has 0 aliphatic heterocycles. The van der Waals surface area contributed by atoms with Crippen molar-refractivity contribution in [2.75, 3.05) is 0 Å². The van der Waals surface area contributed by atoms with Gasteiger partial charge in [-0.2, -0.15) is 5.26 Å². The number of rotatable bonds is 3. The third-order valence-corrected chi connectivity index (χ3v) is 3.49. The molecule has 90 valence electrons. The zero-order valence-electron chi connectivity index (χ0n) is 8.27. The Hall–Kier alpha value is -1.40. The van der Waals surface area contributed by atoms with Crippen molar-refractivity contribution < 1.29 is 8.42 Å². The largest absolute Gasteiger partial charge is 0.375 e. The molecular formula is C8H7ClN4O2S2. The van der Waals surface area contributed by atoms with Crippen molar-refractivity contribution in [1.82, 2.24) is 10.3 Å². The predicted octanol–water partition coefficient (Wildman–Crippen LogP) is 0.238. The van der Waals surface area contributed by atoms with Crippen molar-refractivity contribution in [2.45, 2.75) is 4.90 Å². The molecule has 1 rings (SSSR count). The minimum absolute atomic E-state index is 0.0127. The lowest BCUT2D eigenvalue weighted by atomic mass is 10.2. The summed E-state index contributed by atoms with van der Waals surface area (Å²) in [5.41, 5.74) is 7.33. The summed E-state index contributed by atoms with van der Waals surface area (Å²) in [4.78, 5) is 1.69. The van der Waals surface area contributed by atoms with E-state index in [1.165, 1.54) is 12.1 Å². The summed E-state index contributed by atoms with van der Waals surface area (Å²) in [6, 6.07) is 5.67. The molecule has 0 bridgehead atoms. The number of thiocarbonyl (C=S) groups is 1. The van der Waals surface area contributed by atoms with Gasteiger partial charge in [0.1, 0.15) is 4.90 Å². The number of nitrogens with two attached hydrogens (primary N) is 1. The number of hydrogen-bond acceptors (Lipinski definition) is 4. The van der Waals surface area contributed by atoms with E-state index in [0.717, 1.165) is 6.07 Å². The van der Waals surface area contributed by atoms with Crippen LogP contribution in [-0.2, 0) is 10.0 Å². The highest BCUT2D eigenvalue weighted by Crippen LogP contribution is 2.21. The van der Waals surface area contributed by atoms with Gasteiger partial charge in [0.15, 0.2) is 5.11 Å². The normalized spacial score (nSPS) is 10.6. The summed E-state index contributed by atoms with van der Waals surface area (Å²) in [5, 5.41) is 8.42. The topological polar surface area (TPSA) is 108 Å². The molecule has 0 atom stereocenters. The maximum atomic E-state index is 11.7. The molecule has 0 saturated heterocycles. The van der Waals surface area contributed by atoms with E-state index in [2.05, 4.69) is 17.6 Å². The summed E-state index contributed by atoms with van der Waals surface area (Å²) in [7, 11) is -3.93. The molecule has 0 heterocycles. The van der Waals surface area contributed by atoms with Crippen LogP contribution < -0.4 is 16.0 Å². The average molecular weight is 291 g/mol. The molecule has 0 aliphatic rings. The lowest BCUT2D eigenvalue weighted by Crippen LogP contribution is -2.44. The Morgan fingerprint density at radius 2 is 2.18 bits per heavy atom. The molecule has 0 fully saturated rings. The maximum absolute atomic E-state index is 11.7. The van der Waals surface area contributed by atoms with Crippen molar-refractivity contribution in [3.8, 4) is 6.07 Å². The zero-order chi connectivity index (χ0) is 13.1. The van der Waals surface area contributed by atoms with Gasteiger partial charge in [0.05, 0.1) is 16.7 Å². The lowest BCUT2D eigenvalue weighted by molar-refractivity contribution is 0.577. The Labute approximate surface area is 108 Å². The van der Waals surface area contributed by atoms with Crippen molar-refractivity contribution >= 4 is 39.0 Å². The van der Waals surface area contributed by atoms with E-state index < -0.39 is 10.0 Å². The molecular weight excluding hydrogens is 284 g/mol. The average Bonchev–Trinajstić information content (AvgIpc) is 2.27. The molecule has 0 unspecified atom stereocenters. The quantitative estimate of drug-likeness (QED) is 0.543. The predicted molar refractivity (Wildman–Crippen MR) is 66.4 cm³/mol. The minimum Gasteiger partial charge on any atom is -0.375 e. The van der Waals surface area contributed by atoms with E-state index in [9.17, 15) is 8.42 Å². The number of hydrazine groups is 1. The van der Waals surface area contributed by atoms with Crippen LogP contribution in [0.4, 0.5) is 0 Å². The summed E-state index contributed by atoms with van der Waals surface area (Å²) < 4.78 is 23.5. The number of nitriles is 1. The molecule has 1 aromatic carbocycles. The van der Waals surface area contributed by atoms with Crippen LogP contribution in [0.25, 0.3) is 0 Å². The molecule has 0 radical (unpaired) electrons. The molecule has 0 spiro atoms. The van der Waals surface area contributed by atoms with Gasteiger partial charge in [-0.1, -0.05) is 11.6 Å². The molecule has 0 amide bonds. The Morgan fingerprint density at radius 1 is 1.53 bits per heavy atom. The Kier molecular flexibility index (Phi) is 4.25. The number of nitrogens with zero attached hydrogens (tertiary/aromatic N) is 1. The second-order valence-corrected chi connectivity index (χ2v) is 5.35. The molecule has 9 heteroatoms. The Bertz CT molecular complexity index is 594. The van der Waals surface area contributed by atoms with E-state index in [-0.39, 0.29) is 20.6 Å². The SMILES string of the molecule is N#Cc1ccc(Cl)c(S(=O)(=O)NNC(N)=S)c1. The van der Waals surface area contributed by atoms with Gasteiger partial charge in [-0.25, -0.2) is 8.42 Å². The van der Waals surface area contributed by atoms with Crippen molar-refractivity contribution in [2.24, 2.45) is 5.73 Å². The monoisotopic (exact) mass is 290 g/mol. The highest BCUT2D eigenvalue weighted by atomic mass is 35.5. The first-order valence-corrected chi connectivity index (χ1v) is 6.40. The molecule has 4 N–H and O–H groups in total. The Balaban J connectivity index is 3.15. The maximum Gasteiger partial charge on any atom is 0.258 e. The first-order valence-electron chi connectivity index (χ1n) is 4.14. The van der Waals surface area contributed by atoms with Gasteiger partial charge in [-0.3, -0.25) is 5.43 Å². The summed E-state index contributed by atoms with van der Waals surface area (Å²) in [6.45, 7) is 0. The number of halogens is 1. The van der Waals surface area contributed by atoms with Crippen LogP contribution in [0.2, 0.25) is 5.02 Å². The van der Waals surface area contributed by atoms with Crippen LogP contribution in [0.3, 0.4) is 0 Å². The van der Waals surface area contributed by atoms with E-state index in [1.807, 2.05) is 10.9 Å². The number of hydrogen-bond donors (Lipinski definition) is 3. The minimum atomic E-state index is -3.93. The van der Waals surface area contributed by atoms with Crippen LogP contribution in [-0.4, -0.2) is 13.5 Å². The van der Waals surface area contributed by atoms with Gasteiger partial charge in [0, 0.05) is 0 Å². The van der Waals surface area contributed by atoms with Gasteiger partial charge >= 0.3 is 0 Å². The van der Waals surface area contributed by atoms with E-state index in [1.54, 1.807) is 0 Å². The van der Waals surface area contributed by atoms with Crippen molar-refractivity contribution in [3.63, 3.8) is 0 Å². The first kappa shape index (κ1) is 13.7. The highest BCUT2D eigenvalue weighted by Gasteiger charge is 2.18. The van der Waals surface area contributed by atoms with Crippen LogP contribution in [0.15, 0.2) is 23.1 Å². The van der Waals surface area contributed by atoms with E-state index in [4.69, 9.17) is 22.6 Å². The van der Waals surface area contributed by atoms with Crippen molar-refractivity contribution in [1.29, 1.82) is 5.26 Å². The molecule has 1 aromatic rings. The van der Waals surface area contributed by atoms with Crippen LogP contribution in [0, 0.1) is 11.3 Å². The molecule has 0 aliphatic carbocycles. The van der Waals surface area contributed by atoms with Gasteiger partial charge < -0.3 is 5.73 Å². The summed E-state index contributed by atoms with van der Waals surface area (Å²) in [6.07, 6.45) is 0. The van der Waals surface area contributed by atoms with Gasteiger partial charge in [-0.15, -0.1) is 4.83 Å². The van der Waals surface area contributed by atoms with Gasteiger partial charge in [-0.05, 0) is 30.4 Å². The van der Waals surface area contributed by atoms with E-state index in [0.29, 0.717) is 0 Å². The smallest absolute Gasteiger partial charge is 0.258 e. The fourth-order valence-electron chi connectivity index (χ4n) is 0.951. The third-order valence-electron chi connectivity index (χ3n) is 1.66. The second kappa shape index (κ2) is 5.29. The van der Waals surface area contributed by atoms with Gasteiger partial charge in [0.2, 0.25) is 0 Å². The standard InChI is InChI=1S/C8H7ClN4O2S2/c9-6-2-1-5(4-10)3-7(6)17(14,15)13-12-8(11)16/h1-3,13H,(H3,11,12,16). The van der Waals surface area contributed by atoms with Crippen LogP contribution in [0.1, 0.15) is 5.56 Å². The number of benzene rings is 1. The third kappa shape index (κ3) is 3.54. The van der Waals surface area contributed by atoms with Gasteiger partial charge in [0.25, 0.3) is 10.0 Å². The van der Waals surface area contributed by atoms with E-state index >= 15 is 0 Å². The Morgan fingerprint density at radius 3 is 2.71 bits per heavy atom. The highest BCUT2D eigenvalue weighted by molar-refractivity contribution is 7.89. The van der Waals surface area contributed by atoms with Crippen molar-refractivity contribution in [3.05, 3.63) is 28.8 Å². The van der Waals surface area contributed by atoms with Crippen LogP contribution >= 0.6 is 23.8 Å². The summed E-state index contributed by atoms with van der Waals surface area (Å²) >= 11 is 10.2. The lowest BCUT2D eigenvalue weighted by Gasteiger charge is -2.09. The second-order valence-electron chi connectivity index (χ2n) is 2.85.